The molecule has 0 unspecified atom stereocenters. The van der Waals surface area contributed by atoms with Crippen molar-refractivity contribution < 1.29 is 0 Å². The molecule has 72 heavy (non-hydrogen) atoms. The molecule has 0 aromatic heterocycles. The third kappa shape index (κ3) is 11.4. The molecule has 0 spiro atoms. The van der Waals surface area contributed by atoms with Crippen LogP contribution in [0.4, 0.5) is 28.4 Å². The van der Waals surface area contributed by atoms with Crippen LogP contribution in [0.1, 0.15) is 230 Å². The Bertz CT molecular complexity index is 2390. The first-order chi connectivity index (χ1) is 32.9. The molecule has 384 valence electrons. The van der Waals surface area contributed by atoms with E-state index in [1.54, 1.807) is 0 Å². The van der Waals surface area contributed by atoms with Crippen molar-refractivity contribution in [3.8, 4) is 0 Å². The molecule has 0 saturated heterocycles. The zero-order valence-electron chi connectivity index (χ0n) is 48.1. The van der Waals surface area contributed by atoms with Crippen LogP contribution in [0.5, 0.6) is 0 Å². The van der Waals surface area contributed by atoms with Crippen molar-refractivity contribution in [3.05, 3.63) is 179 Å². The molecule has 6 aromatic carbocycles. The molecular formula is C67H91N5. The van der Waals surface area contributed by atoms with Crippen LogP contribution < -0.4 is 28.7 Å². The molecule has 0 aliphatic heterocycles. The van der Waals surface area contributed by atoms with Crippen molar-refractivity contribution in [2.75, 3.05) is 28.7 Å². The zero-order valence-corrected chi connectivity index (χ0v) is 48.1. The molecule has 5 nitrogen and oxygen atoms in total. The van der Waals surface area contributed by atoms with E-state index in [9.17, 15) is 0 Å². The summed E-state index contributed by atoms with van der Waals surface area (Å²) in [5.41, 5.74) is 63.0. The van der Waals surface area contributed by atoms with Crippen molar-refractivity contribution in [1.82, 2.24) is 0 Å². The summed E-state index contributed by atoms with van der Waals surface area (Å²) >= 11 is 0. The van der Waals surface area contributed by atoms with Gasteiger partial charge in [-0.3, -0.25) is 0 Å². The summed E-state index contributed by atoms with van der Waals surface area (Å²) in [6, 6.07) is 28.1. The number of benzene rings is 6. The van der Waals surface area contributed by atoms with Crippen molar-refractivity contribution in [3.63, 3.8) is 0 Å². The molecule has 0 amide bonds. The Morgan fingerprint density at radius 2 is 0.333 bits per heavy atom. The SMILES string of the molecule is Cc1c2cc(C(C)(C)C)cc1Cc1cc(C(C)(C)C)cc(c1N)Cc1cc(C(C)(C)C)cc(c1N)Cc1cc(C(C)(C)C)cc(c1N)Cc1cc(C(C)(C)C)cc(c1N)Cc1cc(C(C)(C)C)cc(c1N)C2. The fraction of sp³-hybridized carbons (Fsp3) is 0.463. The molecule has 0 fully saturated rings. The van der Waals surface area contributed by atoms with E-state index >= 15 is 0 Å². The number of nitrogen functional groups attached to an aromatic ring is 5. The second-order valence-corrected chi connectivity index (χ2v) is 28.0. The molecule has 5 heteroatoms. The average Bonchev–Trinajstić information content (AvgIpc) is 3.23. The number of nitrogens with two attached hydrogens (primary N) is 5. The highest BCUT2D eigenvalue weighted by Gasteiger charge is 2.28. The summed E-state index contributed by atoms with van der Waals surface area (Å²) in [5, 5.41) is 0. The zero-order chi connectivity index (χ0) is 53.6. The molecule has 6 aromatic rings. The van der Waals surface area contributed by atoms with E-state index in [2.05, 4.69) is 204 Å². The monoisotopic (exact) mass is 966 g/mol. The van der Waals surface area contributed by atoms with Gasteiger partial charge in [-0.05, 0) is 158 Å². The summed E-state index contributed by atoms with van der Waals surface area (Å²) in [5.74, 6) is 0. The molecule has 1 aliphatic carbocycles. The summed E-state index contributed by atoms with van der Waals surface area (Å²) in [6.07, 6.45) is 3.81. The van der Waals surface area contributed by atoms with Crippen molar-refractivity contribution in [1.29, 1.82) is 0 Å². The van der Waals surface area contributed by atoms with Crippen LogP contribution in [-0.2, 0) is 71.0 Å². The van der Waals surface area contributed by atoms with Crippen LogP contribution in [-0.4, -0.2) is 0 Å². The fourth-order valence-electron chi connectivity index (χ4n) is 10.4. The van der Waals surface area contributed by atoms with Crippen molar-refractivity contribution in [2.24, 2.45) is 0 Å². The van der Waals surface area contributed by atoms with Gasteiger partial charge in [-0.15, -0.1) is 0 Å². The van der Waals surface area contributed by atoms with Gasteiger partial charge in [0.15, 0.2) is 0 Å². The molecule has 0 heterocycles. The average molecular weight is 966 g/mol. The molecule has 10 N–H and O–H groups in total. The molecule has 1 aliphatic rings. The van der Waals surface area contributed by atoms with Crippen LogP contribution in [0.15, 0.2) is 72.8 Å². The lowest BCUT2D eigenvalue weighted by Crippen LogP contribution is -2.18. The first-order valence-electron chi connectivity index (χ1n) is 26.6. The number of rotatable bonds is 0. The highest BCUT2D eigenvalue weighted by Crippen LogP contribution is 2.42. The minimum absolute atomic E-state index is 0.0896. The van der Waals surface area contributed by atoms with E-state index < -0.39 is 0 Å². The van der Waals surface area contributed by atoms with Crippen molar-refractivity contribution >= 4 is 28.4 Å². The number of hydrogen-bond donors (Lipinski definition) is 5. The number of fused-ring (bicyclic) bond motifs is 12. The molecule has 0 radical (unpaired) electrons. The molecule has 0 saturated carbocycles. The van der Waals surface area contributed by atoms with E-state index in [-0.39, 0.29) is 32.5 Å². The maximum atomic E-state index is 7.48. The molecular weight excluding hydrogens is 875 g/mol. The van der Waals surface area contributed by atoms with Crippen molar-refractivity contribution in [2.45, 2.75) is 203 Å². The van der Waals surface area contributed by atoms with Crippen LogP contribution in [0.25, 0.3) is 0 Å². The third-order valence-electron chi connectivity index (χ3n) is 15.9. The quantitative estimate of drug-likeness (QED) is 0.0967. The van der Waals surface area contributed by atoms with Gasteiger partial charge < -0.3 is 28.7 Å². The van der Waals surface area contributed by atoms with Gasteiger partial charge in [0.05, 0.1) is 0 Å². The molecule has 7 rings (SSSR count). The second kappa shape index (κ2) is 18.7. The lowest BCUT2D eigenvalue weighted by Gasteiger charge is -2.28. The van der Waals surface area contributed by atoms with Crippen LogP contribution in [0.3, 0.4) is 0 Å². The van der Waals surface area contributed by atoms with E-state index in [4.69, 9.17) is 28.7 Å². The highest BCUT2D eigenvalue weighted by atomic mass is 14.6. The first kappa shape index (κ1) is 54.1. The smallest absolute Gasteiger partial charge is 0.0386 e. The van der Waals surface area contributed by atoms with Crippen LogP contribution in [0, 0.1) is 6.92 Å². The summed E-state index contributed by atoms with van der Waals surface area (Å²) in [4.78, 5) is 0. The maximum Gasteiger partial charge on any atom is 0.0386 e. The predicted octanol–water partition coefficient (Wildman–Crippen LogP) is 15.5. The molecule has 12 bridgehead atoms. The Kier molecular flexibility index (Phi) is 14.0. The Balaban J connectivity index is 1.58. The van der Waals surface area contributed by atoms with E-state index in [0.717, 1.165) is 84.1 Å². The first-order valence-corrected chi connectivity index (χ1v) is 26.6. The van der Waals surface area contributed by atoms with Gasteiger partial charge in [0.2, 0.25) is 0 Å². The Morgan fingerprint density at radius 1 is 0.222 bits per heavy atom. The number of hydrogen-bond acceptors (Lipinski definition) is 5. The van der Waals surface area contributed by atoms with Gasteiger partial charge in [0, 0.05) is 54.1 Å². The second-order valence-electron chi connectivity index (χ2n) is 28.0. The minimum atomic E-state index is -0.137. The van der Waals surface area contributed by atoms with Gasteiger partial charge in [-0.2, -0.15) is 0 Å². The number of anilines is 5. The van der Waals surface area contributed by atoms with E-state index in [0.29, 0.717) is 38.5 Å². The van der Waals surface area contributed by atoms with Gasteiger partial charge in [-0.25, -0.2) is 0 Å². The van der Waals surface area contributed by atoms with E-state index in [1.807, 2.05) is 0 Å². The van der Waals surface area contributed by atoms with Gasteiger partial charge >= 0.3 is 0 Å². The lowest BCUT2D eigenvalue weighted by molar-refractivity contribution is 0.587. The summed E-state index contributed by atoms with van der Waals surface area (Å²) in [7, 11) is 0. The van der Waals surface area contributed by atoms with Crippen LogP contribution in [0.2, 0.25) is 0 Å². The topological polar surface area (TPSA) is 130 Å². The Hall–Kier alpha value is -5.68. The standard InChI is InChI=1S/C67H91N5/c1-38-39-20-41-28-52(63(5,6)7)30-43(57(41)68)22-45-32-54(65(11,12)13)34-47(59(45)70)24-49-36-56(67(17,18)19)37-50(61(49)72)25-48-35-55(66(14,15)16)33-46(60(48)71)23-44-31-53(64(8,9)10)29-42(58(44)69)21-40(38)27-51(26-39)62(2,3)4/h26-37H,20-25,68-72H2,1-19H3. The lowest BCUT2D eigenvalue weighted by atomic mass is 9.78. The maximum absolute atomic E-state index is 7.48. The van der Waals surface area contributed by atoms with Gasteiger partial charge in [-0.1, -0.05) is 197 Å². The normalized spacial score (nSPS) is 14.3. The fourth-order valence-corrected chi connectivity index (χ4v) is 10.4. The van der Waals surface area contributed by atoms with Gasteiger partial charge in [0.25, 0.3) is 0 Å². The van der Waals surface area contributed by atoms with Crippen LogP contribution >= 0.6 is 0 Å². The largest absolute Gasteiger partial charge is 0.398 e. The van der Waals surface area contributed by atoms with E-state index in [1.165, 1.54) is 50.1 Å². The predicted molar refractivity (Wildman–Crippen MR) is 314 cm³/mol. The molecule has 0 atom stereocenters. The highest BCUT2D eigenvalue weighted by molar-refractivity contribution is 5.69. The minimum Gasteiger partial charge on any atom is -0.398 e. The third-order valence-corrected chi connectivity index (χ3v) is 15.9. The Morgan fingerprint density at radius 3 is 0.458 bits per heavy atom. The summed E-state index contributed by atoms with van der Waals surface area (Å²) < 4.78 is 0. The van der Waals surface area contributed by atoms with Gasteiger partial charge in [0.1, 0.15) is 0 Å². The Labute approximate surface area is 436 Å². The summed E-state index contributed by atoms with van der Waals surface area (Å²) in [6.45, 7) is 43.5.